The first-order valence-electron chi connectivity index (χ1n) is 9.34. The molecule has 3 aromatic rings. The van der Waals surface area contributed by atoms with Crippen LogP contribution >= 0.6 is 0 Å². The molecule has 4 rings (SSSR count). The van der Waals surface area contributed by atoms with E-state index in [0.717, 1.165) is 29.0 Å². The molecule has 1 aliphatic rings. The Morgan fingerprint density at radius 3 is 2.96 bits per heavy atom. The number of ether oxygens (including phenoxy) is 3. The highest BCUT2D eigenvalue weighted by atomic mass is 16.5. The Hall–Kier alpha value is -3.06. The van der Waals surface area contributed by atoms with Crippen molar-refractivity contribution < 1.29 is 19.0 Å². The van der Waals surface area contributed by atoms with Gasteiger partial charge >= 0.3 is 0 Å². The molecule has 1 aliphatic heterocycles. The number of imidazole rings is 1. The summed E-state index contributed by atoms with van der Waals surface area (Å²) in [6, 6.07) is 11.3. The summed E-state index contributed by atoms with van der Waals surface area (Å²) in [5.41, 5.74) is 3.37. The summed E-state index contributed by atoms with van der Waals surface area (Å²) in [6.45, 7) is 4.87. The van der Waals surface area contributed by atoms with Gasteiger partial charge in [-0.05, 0) is 42.8 Å². The minimum atomic E-state index is -0.142. The van der Waals surface area contributed by atoms with Gasteiger partial charge in [-0.25, -0.2) is 4.98 Å². The van der Waals surface area contributed by atoms with Crippen LogP contribution in [0.15, 0.2) is 36.4 Å². The summed E-state index contributed by atoms with van der Waals surface area (Å²) < 4.78 is 18.5. The van der Waals surface area contributed by atoms with Gasteiger partial charge < -0.3 is 24.1 Å². The average molecular weight is 381 g/mol. The summed E-state index contributed by atoms with van der Waals surface area (Å²) in [6.07, 6.45) is 0. The van der Waals surface area contributed by atoms with E-state index in [0.29, 0.717) is 43.4 Å². The van der Waals surface area contributed by atoms with Crippen molar-refractivity contribution in [2.45, 2.75) is 26.6 Å². The minimum absolute atomic E-state index is 0.142. The highest BCUT2D eigenvalue weighted by molar-refractivity contribution is 5.97. The third-order valence-corrected chi connectivity index (χ3v) is 4.76. The summed E-state index contributed by atoms with van der Waals surface area (Å²) in [4.78, 5) is 17.2. The van der Waals surface area contributed by atoms with E-state index in [1.54, 1.807) is 7.11 Å². The summed E-state index contributed by atoms with van der Waals surface area (Å²) >= 11 is 0. The first-order chi connectivity index (χ1) is 13.7. The lowest BCUT2D eigenvalue weighted by Crippen LogP contribution is -2.22. The van der Waals surface area contributed by atoms with Gasteiger partial charge in [-0.2, -0.15) is 0 Å². The van der Waals surface area contributed by atoms with Crippen molar-refractivity contribution in [3.05, 3.63) is 53.3 Å². The zero-order valence-corrected chi connectivity index (χ0v) is 16.0. The Balaban J connectivity index is 1.48. The number of fused-ring (bicyclic) bond motifs is 3. The summed E-state index contributed by atoms with van der Waals surface area (Å²) in [5.74, 6) is 2.11. The molecule has 0 unspecified atom stereocenters. The summed E-state index contributed by atoms with van der Waals surface area (Å²) in [5, 5.41) is 2.95. The van der Waals surface area contributed by atoms with E-state index < -0.39 is 0 Å². The molecule has 0 fully saturated rings. The normalized spacial score (nSPS) is 13.2. The van der Waals surface area contributed by atoms with Crippen LogP contribution in [0.3, 0.4) is 0 Å². The fourth-order valence-electron chi connectivity index (χ4n) is 3.38. The van der Waals surface area contributed by atoms with Crippen LogP contribution in [0, 0.1) is 0 Å². The molecule has 1 amide bonds. The predicted octanol–water partition coefficient (Wildman–Crippen LogP) is 2.90. The highest BCUT2D eigenvalue weighted by Crippen LogP contribution is 2.28. The van der Waals surface area contributed by atoms with Gasteiger partial charge in [-0.3, -0.25) is 4.79 Å². The second kappa shape index (κ2) is 7.90. The third-order valence-electron chi connectivity index (χ3n) is 4.76. The topological polar surface area (TPSA) is 74.6 Å². The number of benzene rings is 2. The van der Waals surface area contributed by atoms with E-state index in [1.807, 2.05) is 43.3 Å². The highest BCUT2D eigenvalue weighted by Gasteiger charge is 2.16. The zero-order valence-electron chi connectivity index (χ0n) is 16.0. The quantitative estimate of drug-likeness (QED) is 0.711. The zero-order chi connectivity index (χ0) is 19.5. The maximum atomic E-state index is 12.6. The minimum Gasteiger partial charge on any atom is -0.493 e. The molecule has 0 atom stereocenters. The van der Waals surface area contributed by atoms with Gasteiger partial charge in [0.25, 0.3) is 5.91 Å². The number of hydrogen-bond acceptors (Lipinski definition) is 5. The SMILES string of the molecule is CCOc1ccc(CNC(=O)c2ccc3c(c2)nc2n3CCOC2)cc1OC. The van der Waals surface area contributed by atoms with Crippen LogP contribution in [0.1, 0.15) is 28.7 Å². The van der Waals surface area contributed by atoms with Crippen LogP contribution in [-0.2, 0) is 24.4 Å². The summed E-state index contributed by atoms with van der Waals surface area (Å²) in [7, 11) is 1.60. The van der Waals surface area contributed by atoms with Gasteiger partial charge in [0.05, 0.1) is 31.4 Å². The van der Waals surface area contributed by atoms with Gasteiger partial charge in [0.2, 0.25) is 0 Å². The second-order valence-corrected chi connectivity index (χ2v) is 6.54. The smallest absolute Gasteiger partial charge is 0.251 e. The third kappa shape index (κ3) is 3.53. The molecule has 0 radical (unpaired) electrons. The van der Waals surface area contributed by atoms with Crippen molar-refractivity contribution in [2.75, 3.05) is 20.3 Å². The molecule has 0 saturated carbocycles. The van der Waals surface area contributed by atoms with Gasteiger partial charge in [-0.1, -0.05) is 6.07 Å². The number of amides is 1. The molecule has 0 spiro atoms. The van der Waals surface area contributed by atoms with Crippen LogP contribution in [0.2, 0.25) is 0 Å². The van der Waals surface area contributed by atoms with Crippen molar-refractivity contribution in [2.24, 2.45) is 0 Å². The van der Waals surface area contributed by atoms with Crippen molar-refractivity contribution in [3.8, 4) is 11.5 Å². The van der Waals surface area contributed by atoms with Crippen LogP contribution in [-0.4, -0.2) is 35.8 Å². The lowest BCUT2D eigenvalue weighted by atomic mass is 10.1. The lowest BCUT2D eigenvalue weighted by molar-refractivity contribution is 0.0830. The molecule has 2 aromatic carbocycles. The number of methoxy groups -OCH3 is 1. The predicted molar refractivity (Wildman–Crippen MR) is 105 cm³/mol. The monoisotopic (exact) mass is 381 g/mol. The molecule has 0 aliphatic carbocycles. The Morgan fingerprint density at radius 1 is 1.25 bits per heavy atom. The van der Waals surface area contributed by atoms with E-state index in [9.17, 15) is 4.79 Å². The molecular weight excluding hydrogens is 358 g/mol. The van der Waals surface area contributed by atoms with Gasteiger partial charge in [0.15, 0.2) is 11.5 Å². The largest absolute Gasteiger partial charge is 0.493 e. The Morgan fingerprint density at radius 2 is 2.14 bits per heavy atom. The number of nitrogens with zero attached hydrogens (tertiary/aromatic N) is 2. The fraction of sp³-hybridized carbons (Fsp3) is 0.333. The molecular formula is C21H23N3O4. The Labute approximate surface area is 163 Å². The van der Waals surface area contributed by atoms with Crippen LogP contribution < -0.4 is 14.8 Å². The second-order valence-electron chi connectivity index (χ2n) is 6.54. The number of carbonyl (C=O) groups excluding carboxylic acids is 1. The van der Waals surface area contributed by atoms with Gasteiger partial charge in [0.1, 0.15) is 12.4 Å². The molecule has 28 heavy (non-hydrogen) atoms. The van der Waals surface area contributed by atoms with Crippen molar-refractivity contribution in [3.63, 3.8) is 0 Å². The lowest BCUT2D eigenvalue weighted by Gasteiger charge is -2.14. The van der Waals surface area contributed by atoms with E-state index >= 15 is 0 Å². The number of hydrogen-bond donors (Lipinski definition) is 1. The van der Waals surface area contributed by atoms with E-state index in [4.69, 9.17) is 14.2 Å². The fourth-order valence-corrected chi connectivity index (χ4v) is 3.38. The van der Waals surface area contributed by atoms with Crippen molar-refractivity contribution >= 4 is 16.9 Å². The molecule has 0 bridgehead atoms. The number of rotatable bonds is 6. The van der Waals surface area contributed by atoms with Crippen molar-refractivity contribution in [1.29, 1.82) is 0 Å². The van der Waals surface area contributed by atoms with E-state index in [-0.39, 0.29) is 5.91 Å². The molecule has 0 saturated heterocycles. The molecule has 1 aromatic heterocycles. The number of aromatic nitrogens is 2. The van der Waals surface area contributed by atoms with Crippen LogP contribution in [0.4, 0.5) is 0 Å². The number of nitrogens with one attached hydrogen (secondary N) is 1. The van der Waals surface area contributed by atoms with E-state index in [2.05, 4.69) is 14.9 Å². The van der Waals surface area contributed by atoms with Crippen LogP contribution in [0.25, 0.3) is 11.0 Å². The Kier molecular flexibility index (Phi) is 5.16. The van der Waals surface area contributed by atoms with Gasteiger partial charge in [-0.15, -0.1) is 0 Å². The molecule has 146 valence electrons. The Bertz CT molecular complexity index is 1010. The molecule has 7 heteroatoms. The molecule has 2 heterocycles. The molecule has 7 nitrogen and oxygen atoms in total. The maximum absolute atomic E-state index is 12.6. The van der Waals surface area contributed by atoms with Gasteiger partial charge in [0, 0.05) is 18.7 Å². The standard InChI is InChI=1S/C21H23N3O4/c1-3-28-18-7-4-14(10-19(18)26-2)12-22-21(25)15-5-6-17-16(11-15)23-20-13-27-9-8-24(17)20/h4-7,10-11H,3,8-9,12-13H2,1-2H3,(H,22,25). The van der Waals surface area contributed by atoms with Crippen LogP contribution in [0.5, 0.6) is 11.5 Å². The number of carbonyl (C=O) groups is 1. The molecule has 1 N–H and O–H groups in total. The van der Waals surface area contributed by atoms with Crippen molar-refractivity contribution in [1.82, 2.24) is 14.9 Å². The maximum Gasteiger partial charge on any atom is 0.251 e. The average Bonchev–Trinajstić information content (AvgIpc) is 3.10. The first kappa shape index (κ1) is 18.3. The first-order valence-corrected chi connectivity index (χ1v) is 9.34. The van der Waals surface area contributed by atoms with E-state index in [1.165, 1.54) is 0 Å².